The first-order valence-corrected chi connectivity index (χ1v) is 4.63. The number of cyclic esters (lactones) is 1. The number of fused-ring (bicyclic) bond motifs is 1. The summed E-state index contributed by atoms with van der Waals surface area (Å²) in [6.45, 7) is 2.73. The van der Waals surface area contributed by atoms with Gasteiger partial charge in [0.25, 0.3) is 0 Å². The molecule has 2 atom stereocenters. The Morgan fingerprint density at radius 1 is 1.75 bits per heavy atom. The minimum atomic E-state index is 0.0150. The molecule has 12 heavy (non-hydrogen) atoms. The summed E-state index contributed by atoms with van der Waals surface area (Å²) in [6, 6.07) is 0. The molecule has 0 amide bonds. The van der Waals surface area contributed by atoms with Crippen LogP contribution in [0.15, 0.2) is 12.2 Å². The maximum Gasteiger partial charge on any atom is 0.309 e. The third-order valence-corrected chi connectivity index (χ3v) is 3.19. The van der Waals surface area contributed by atoms with Crippen LogP contribution in [0.4, 0.5) is 0 Å². The lowest BCUT2D eigenvalue weighted by Crippen LogP contribution is -2.30. The smallest absolute Gasteiger partial charge is 0.309 e. The first kappa shape index (κ1) is 7.84. The Morgan fingerprint density at radius 2 is 2.58 bits per heavy atom. The highest BCUT2D eigenvalue weighted by molar-refractivity contribution is 5.76. The average Bonchev–Trinajstić information content (AvgIpc) is 2.46. The summed E-state index contributed by atoms with van der Waals surface area (Å²) in [6.07, 6.45) is 7.39. The van der Waals surface area contributed by atoms with E-state index >= 15 is 0 Å². The molecule has 2 rings (SSSR count). The minimum Gasteiger partial charge on any atom is -0.464 e. The van der Waals surface area contributed by atoms with E-state index in [1.165, 1.54) is 0 Å². The molecule has 66 valence electrons. The number of ether oxygens (including phenoxy) is 1. The van der Waals surface area contributed by atoms with Crippen molar-refractivity contribution in [3.63, 3.8) is 0 Å². The second-order valence-corrected chi connectivity index (χ2v) is 3.73. The van der Waals surface area contributed by atoms with Crippen molar-refractivity contribution >= 4 is 5.97 Å². The van der Waals surface area contributed by atoms with Crippen molar-refractivity contribution in [1.82, 2.24) is 0 Å². The molecule has 1 aliphatic carbocycles. The highest BCUT2D eigenvalue weighted by Gasteiger charge is 2.47. The number of rotatable bonds is 1. The normalized spacial score (nSPS) is 39.4. The summed E-state index contributed by atoms with van der Waals surface area (Å²) in [4.78, 5) is 11.3. The molecule has 0 bridgehead atoms. The lowest BCUT2D eigenvalue weighted by atomic mass is 9.70. The van der Waals surface area contributed by atoms with Gasteiger partial charge in [0.05, 0.1) is 5.92 Å². The van der Waals surface area contributed by atoms with Crippen LogP contribution < -0.4 is 0 Å². The number of hydrogen-bond acceptors (Lipinski definition) is 2. The van der Waals surface area contributed by atoms with E-state index in [0.717, 1.165) is 19.3 Å². The van der Waals surface area contributed by atoms with Crippen LogP contribution in [0.25, 0.3) is 0 Å². The minimum absolute atomic E-state index is 0.0150. The summed E-state index contributed by atoms with van der Waals surface area (Å²) < 4.78 is 5.10. The molecule has 2 aliphatic rings. The molecular weight excluding hydrogens is 152 g/mol. The van der Waals surface area contributed by atoms with Crippen LogP contribution >= 0.6 is 0 Å². The molecule has 0 spiro atoms. The summed E-state index contributed by atoms with van der Waals surface area (Å²) >= 11 is 0. The molecule has 1 aliphatic heterocycles. The van der Waals surface area contributed by atoms with Crippen molar-refractivity contribution < 1.29 is 9.53 Å². The van der Waals surface area contributed by atoms with Crippen LogP contribution in [-0.4, -0.2) is 12.6 Å². The van der Waals surface area contributed by atoms with Gasteiger partial charge >= 0.3 is 5.97 Å². The SMILES string of the molecule is CC[C@]12C=CCC[C@H]1C(=O)OC2. The zero-order chi connectivity index (χ0) is 8.60. The summed E-state index contributed by atoms with van der Waals surface area (Å²) in [7, 11) is 0. The standard InChI is InChI=1S/C10H14O2/c1-2-10-6-4-3-5-8(10)9(11)12-7-10/h4,6,8H,2-3,5,7H2,1H3/t8-,10+/m0/s1. The summed E-state index contributed by atoms with van der Waals surface area (Å²) in [5.74, 6) is 0.161. The number of carbonyl (C=O) groups is 1. The van der Waals surface area contributed by atoms with Gasteiger partial charge in [-0.25, -0.2) is 0 Å². The lowest BCUT2D eigenvalue weighted by Gasteiger charge is -2.29. The predicted molar refractivity (Wildman–Crippen MR) is 45.5 cm³/mol. The third-order valence-electron chi connectivity index (χ3n) is 3.19. The number of allylic oxidation sites excluding steroid dienone is 1. The largest absolute Gasteiger partial charge is 0.464 e. The molecule has 0 N–H and O–H groups in total. The topological polar surface area (TPSA) is 26.3 Å². The van der Waals surface area contributed by atoms with E-state index in [-0.39, 0.29) is 17.3 Å². The van der Waals surface area contributed by atoms with Gasteiger partial charge in [-0.2, -0.15) is 0 Å². The number of hydrogen-bond donors (Lipinski definition) is 0. The van der Waals surface area contributed by atoms with Crippen molar-refractivity contribution in [2.75, 3.05) is 6.61 Å². The van der Waals surface area contributed by atoms with E-state index in [1.807, 2.05) is 0 Å². The van der Waals surface area contributed by atoms with Crippen LogP contribution in [0, 0.1) is 11.3 Å². The van der Waals surface area contributed by atoms with Gasteiger partial charge in [0.15, 0.2) is 0 Å². The average molecular weight is 166 g/mol. The van der Waals surface area contributed by atoms with E-state index in [9.17, 15) is 4.79 Å². The summed E-state index contributed by atoms with van der Waals surface area (Å²) in [5, 5.41) is 0. The fourth-order valence-corrected chi connectivity index (χ4v) is 2.26. The van der Waals surface area contributed by atoms with E-state index < -0.39 is 0 Å². The summed E-state index contributed by atoms with van der Waals surface area (Å²) in [5.41, 5.74) is 0.0509. The van der Waals surface area contributed by atoms with E-state index in [0.29, 0.717) is 6.61 Å². The molecule has 1 saturated heterocycles. The molecule has 0 aromatic carbocycles. The fraction of sp³-hybridized carbons (Fsp3) is 0.700. The second kappa shape index (κ2) is 2.61. The van der Waals surface area contributed by atoms with Gasteiger partial charge in [-0.1, -0.05) is 19.1 Å². The fourth-order valence-electron chi connectivity index (χ4n) is 2.26. The van der Waals surface area contributed by atoms with Gasteiger partial charge in [0.2, 0.25) is 0 Å². The van der Waals surface area contributed by atoms with Crippen LogP contribution in [0.3, 0.4) is 0 Å². The van der Waals surface area contributed by atoms with Crippen LogP contribution in [0.1, 0.15) is 26.2 Å². The van der Waals surface area contributed by atoms with Crippen molar-refractivity contribution in [1.29, 1.82) is 0 Å². The highest BCUT2D eigenvalue weighted by Crippen LogP contribution is 2.44. The lowest BCUT2D eigenvalue weighted by molar-refractivity contribution is -0.141. The Bertz CT molecular complexity index is 232. The molecule has 1 heterocycles. The van der Waals surface area contributed by atoms with Crippen molar-refractivity contribution in [3.05, 3.63) is 12.2 Å². The van der Waals surface area contributed by atoms with Crippen molar-refractivity contribution in [3.8, 4) is 0 Å². The van der Waals surface area contributed by atoms with Crippen LogP contribution in [0.2, 0.25) is 0 Å². The molecule has 0 aromatic rings. The maximum atomic E-state index is 11.3. The van der Waals surface area contributed by atoms with Crippen LogP contribution in [0.5, 0.6) is 0 Å². The van der Waals surface area contributed by atoms with Gasteiger partial charge in [-0.3, -0.25) is 4.79 Å². The molecule has 0 aromatic heterocycles. The molecule has 0 saturated carbocycles. The molecule has 0 radical (unpaired) electrons. The number of carbonyl (C=O) groups excluding carboxylic acids is 1. The van der Waals surface area contributed by atoms with Gasteiger partial charge in [0.1, 0.15) is 6.61 Å². The van der Waals surface area contributed by atoms with Crippen LogP contribution in [-0.2, 0) is 9.53 Å². The second-order valence-electron chi connectivity index (χ2n) is 3.73. The Morgan fingerprint density at radius 3 is 3.25 bits per heavy atom. The van der Waals surface area contributed by atoms with Gasteiger partial charge in [-0.05, 0) is 19.3 Å². The van der Waals surface area contributed by atoms with Crippen molar-refractivity contribution in [2.45, 2.75) is 26.2 Å². The molecule has 2 heteroatoms. The van der Waals surface area contributed by atoms with Crippen molar-refractivity contribution in [2.24, 2.45) is 11.3 Å². The predicted octanol–water partition coefficient (Wildman–Crippen LogP) is 1.91. The zero-order valence-corrected chi connectivity index (χ0v) is 7.38. The van der Waals surface area contributed by atoms with E-state index in [2.05, 4.69) is 19.1 Å². The Labute approximate surface area is 72.6 Å². The molecule has 2 nitrogen and oxygen atoms in total. The molecular formula is C10H14O2. The maximum absolute atomic E-state index is 11.3. The molecule has 1 fully saturated rings. The third kappa shape index (κ3) is 0.904. The van der Waals surface area contributed by atoms with Gasteiger partial charge < -0.3 is 4.74 Å². The van der Waals surface area contributed by atoms with E-state index in [1.54, 1.807) is 0 Å². The Balaban J connectivity index is 2.32. The Hall–Kier alpha value is -0.790. The number of esters is 1. The Kier molecular flexibility index (Phi) is 1.71. The van der Waals surface area contributed by atoms with E-state index in [4.69, 9.17) is 4.74 Å². The quantitative estimate of drug-likeness (QED) is 0.439. The first-order valence-electron chi connectivity index (χ1n) is 4.63. The monoisotopic (exact) mass is 166 g/mol. The van der Waals surface area contributed by atoms with Gasteiger partial charge in [0, 0.05) is 5.41 Å². The first-order chi connectivity index (χ1) is 5.78. The zero-order valence-electron chi connectivity index (χ0n) is 7.38. The molecule has 0 unspecified atom stereocenters. The highest BCUT2D eigenvalue weighted by atomic mass is 16.5. The van der Waals surface area contributed by atoms with Gasteiger partial charge in [-0.15, -0.1) is 0 Å².